The van der Waals surface area contributed by atoms with Gasteiger partial charge in [0.2, 0.25) is 5.91 Å². The first kappa shape index (κ1) is 11.5. The van der Waals surface area contributed by atoms with Crippen LogP contribution >= 0.6 is 0 Å². The number of carbonyl (C=O) groups is 1. The summed E-state index contributed by atoms with van der Waals surface area (Å²) in [6.45, 7) is 3.99. The summed E-state index contributed by atoms with van der Waals surface area (Å²) in [5, 5.41) is 12.6. The summed E-state index contributed by atoms with van der Waals surface area (Å²) in [4.78, 5) is 10.9. The smallest absolute Gasteiger partial charge is 0.217 e. The van der Waals surface area contributed by atoms with Crippen LogP contribution in [0.3, 0.4) is 0 Å². The molecule has 0 unspecified atom stereocenters. The highest BCUT2D eigenvalue weighted by Gasteiger charge is 2.32. The molecule has 0 bridgehead atoms. The first-order valence-electron chi connectivity index (χ1n) is 5.22. The molecule has 4 heteroatoms. The third kappa shape index (κ3) is 2.96. The molecule has 0 saturated heterocycles. The molecule has 4 nitrogen and oxygen atoms in total. The lowest BCUT2D eigenvalue weighted by molar-refractivity contribution is -0.123. The lowest BCUT2D eigenvalue weighted by Crippen LogP contribution is -2.51. The van der Waals surface area contributed by atoms with E-state index in [2.05, 4.69) is 5.32 Å². The molecule has 0 radical (unpaired) electrons. The molecule has 3 atom stereocenters. The van der Waals surface area contributed by atoms with E-state index >= 15 is 0 Å². The standard InChI is InChI=1S/C10H19NO3/c1-3-14-9-6-4-5-8(10(9)13)11-7(2)12/h8-10,13H,3-6H2,1-2H3,(H,11,12)/t8-,9+,10+/m0/s1. The maximum absolute atomic E-state index is 10.9. The van der Waals surface area contributed by atoms with E-state index in [1.54, 1.807) is 0 Å². The second-order valence-corrected chi connectivity index (χ2v) is 3.72. The zero-order chi connectivity index (χ0) is 10.6. The van der Waals surface area contributed by atoms with E-state index < -0.39 is 6.10 Å². The van der Waals surface area contributed by atoms with Crippen molar-refractivity contribution < 1.29 is 14.6 Å². The molecular weight excluding hydrogens is 182 g/mol. The quantitative estimate of drug-likeness (QED) is 0.696. The average molecular weight is 201 g/mol. The molecule has 1 saturated carbocycles. The number of rotatable bonds is 3. The topological polar surface area (TPSA) is 58.6 Å². The number of carbonyl (C=O) groups excluding carboxylic acids is 1. The molecule has 82 valence electrons. The fraction of sp³-hybridized carbons (Fsp3) is 0.900. The summed E-state index contributed by atoms with van der Waals surface area (Å²) in [5.74, 6) is -0.0915. The average Bonchev–Trinajstić information content (AvgIpc) is 2.11. The van der Waals surface area contributed by atoms with Gasteiger partial charge in [-0.15, -0.1) is 0 Å². The fourth-order valence-corrected chi connectivity index (χ4v) is 1.95. The number of aliphatic hydroxyl groups is 1. The number of nitrogens with one attached hydrogen (secondary N) is 1. The Morgan fingerprint density at radius 1 is 1.57 bits per heavy atom. The first-order valence-corrected chi connectivity index (χ1v) is 5.22. The Balaban J connectivity index is 2.47. The molecule has 1 aliphatic carbocycles. The molecule has 1 aliphatic rings. The molecule has 0 aromatic heterocycles. The highest BCUT2D eigenvalue weighted by molar-refractivity contribution is 5.73. The SMILES string of the molecule is CCO[C@@H]1CCC[C@H](NC(C)=O)[C@H]1O. The van der Waals surface area contributed by atoms with Gasteiger partial charge in [-0.3, -0.25) is 4.79 Å². The molecule has 0 aromatic carbocycles. The largest absolute Gasteiger partial charge is 0.388 e. The second-order valence-electron chi connectivity index (χ2n) is 3.72. The van der Waals surface area contributed by atoms with Crippen LogP contribution in [-0.2, 0) is 9.53 Å². The van der Waals surface area contributed by atoms with Gasteiger partial charge in [0.1, 0.15) is 6.10 Å². The van der Waals surface area contributed by atoms with E-state index in [0.29, 0.717) is 6.61 Å². The first-order chi connectivity index (χ1) is 6.65. The molecule has 0 spiro atoms. The van der Waals surface area contributed by atoms with Crippen molar-refractivity contribution in [1.29, 1.82) is 0 Å². The van der Waals surface area contributed by atoms with E-state index in [1.165, 1.54) is 6.92 Å². The Hall–Kier alpha value is -0.610. The van der Waals surface area contributed by atoms with Gasteiger partial charge in [-0.2, -0.15) is 0 Å². The molecular formula is C10H19NO3. The van der Waals surface area contributed by atoms with Crippen LogP contribution in [0.4, 0.5) is 0 Å². The molecule has 1 fully saturated rings. The van der Waals surface area contributed by atoms with Crippen molar-refractivity contribution >= 4 is 5.91 Å². The molecule has 0 aromatic rings. The van der Waals surface area contributed by atoms with E-state index in [-0.39, 0.29) is 18.1 Å². The monoisotopic (exact) mass is 201 g/mol. The number of aliphatic hydroxyl groups excluding tert-OH is 1. The molecule has 2 N–H and O–H groups in total. The highest BCUT2D eigenvalue weighted by atomic mass is 16.5. The number of ether oxygens (including phenoxy) is 1. The van der Waals surface area contributed by atoms with Crippen molar-refractivity contribution in [2.24, 2.45) is 0 Å². The van der Waals surface area contributed by atoms with Crippen LogP contribution in [0.2, 0.25) is 0 Å². The third-order valence-corrected chi connectivity index (χ3v) is 2.57. The summed E-state index contributed by atoms with van der Waals surface area (Å²) in [5.41, 5.74) is 0. The molecule has 1 rings (SSSR count). The molecule has 14 heavy (non-hydrogen) atoms. The van der Waals surface area contributed by atoms with Gasteiger partial charge in [-0.1, -0.05) is 0 Å². The zero-order valence-electron chi connectivity index (χ0n) is 8.82. The van der Waals surface area contributed by atoms with Gasteiger partial charge in [0.25, 0.3) is 0 Å². The van der Waals surface area contributed by atoms with E-state index in [4.69, 9.17) is 4.74 Å². The van der Waals surface area contributed by atoms with Crippen molar-refractivity contribution in [3.63, 3.8) is 0 Å². The minimum absolute atomic E-state index is 0.0915. The van der Waals surface area contributed by atoms with Crippen LogP contribution in [0.25, 0.3) is 0 Å². The van der Waals surface area contributed by atoms with Crippen LogP contribution in [0.1, 0.15) is 33.1 Å². The van der Waals surface area contributed by atoms with Crippen molar-refractivity contribution in [2.75, 3.05) is 6.61 Å². The second kappa shape index (κ2) is 5.32. The summed E-state index contributed by atoms with van der Waals surface area (Å²) in [6.07, 6.45) is 2.03. The normalized spacial score (nSPS) is 32.6. The Morgan fingerprint density at radius 2 is 2.29 bits per heavy atom. The van der Waals surface area contributed by atoms with Gasteiger partial charge < -0.3 is 15.2 Å². The maximum atomic E-state index is 10.9. The zero-order valence-corrected chi connectivity index (χ0v) is 8.82. The lowest BCUT2D eigenvalue weighted by atomic mass is 9.90. The van der Waals surface area contributed by atoms with Gasteiger partial charge in [-0.05, 0) is 26.2 Å². The van der Waals surface area contributed by atoms with Crippen LogP contribution < -0.4 is 5.32 Å². The Labute approximate surface area is 84.6 Å². The minimum atomic E-state index is -0.562. The minimum Gasteiger partial charge on any atom is -0.388 e. The number of hydrogen-bond acceptors (Lipinski definition) is 3. The number of amides is 1. The Kier molecular flexibility index (Phi) is 4.35. The van der Waals surface area contributed by atoms with Crippen LogP contribution in [0, 0.1) is 0 Å². The van der Waals surface area contributed by atoms with Crippen LogP contribution in [0.5, 0.6) is 0 Å². The predicted molar refractivity (Wildman–Crippen MR) is 52.9 cm³/mol. The lowest BCUT2D eigenvalue weighted by Gasteiger charge is -2.34. The van der Waals surface area contributed by atoms with E-state index in [9.17, 15) is 9.90 Å². The molecule has 0 heterocycles. The van der Waals surface area contributed by atoms with Gasteiger partial charge in [0.05, 0.1) is 12.1 Å². The van der Waals surface area contributed by atoms with Crippen LogP contribution in [-0.4, -0.2) is 35.9 Å². The van der Waals surface area contributed by atoms with Gasteiger partial charge in [0, 0.05) is 13.5 Å². The van der Waals surface area contributed by atoms with E-state index in [1.807, 2.05) is 6.92 Å². The molecule has 1 amide bonds. The third-order valence-electron chi connectivity index (χ3n) is 2.57. The van der Waals surface area contributed by atoms with Crippen molar-refractivity contribution in [3.8, 4) is 0 Å². The summed E-state index contributed by atoms with van der Waals surface area (Å²) >= 11 is 0. The van der Waals surface area contributed by atoms with Crippen molar-refractivity contribution in [3.05, 3.63) is 0 Å². The van der Waals surface area contributed by atoms with E-state index in [0.717, 1.165) is 19.3 Å². The molecule has 0 aliphatic heterocycles. The predicted octanol–water partition coefficient (Wildman–Crippen LogP) is 0.441. The van der Waals surface area contributed by atoms with Gasteiger partial charge in [0.15, 0.2) is 0 Å². The number of hydrogen-bond donors (Lipinski definition) is 2. The Morgan fingerprint density at radius 3 is 2.86 bits per heavy atom. The van der Waals surface area contributed by atoms with Crippen molar-refractivity contribution in [1.82, 2.24) is 5.32 Å². The summed E-state index contributed by atoms with van der Waals surface area (Å²) < 4.78 is 5.41. The van der Waals surface area contributed by atoms with Crippen molar-refractivity contribution in [2.45, 2.75) is 51.4 Å². The summed E-state index contributed by atoms with van der Waals surface area (Å²) in [6, 6.07) is -0.141. The maximum Gasteiger partial charge on any atom is 0.217 e. The Bertz CT molecular complexity index is 194. The fourth-order valence-electron chi connectivity index (χ4n) is 1.95. The van der Waals surface area contributed by atoms with Gasteiger partial charge >= 0.3 is 0 Å². The highest BCUT2D eigenvalue weighted by Crippen LogP contribution is 2.21. The summed E-state index contributed by atoms with van der Waals surface area (Å²) in [7, 11) is 0. The van der Waals surface area contributed by atoms with Crippen LogP contribution in [0.15, 0.2) is 0 Å². The van der Waals surface area contributed by atoms with Gasteiger partial charge in [-0.25, -0.2) is 0 Å².